The molecule has 0 saturated carbocycles. The van der Waals surface area contributed by atoms with Crippen molar-refractivity contribution >= 4 is 86.0 Å². The van der Waals surface area contributed by atoms with Crippen molar-refractivity contribution in [3.63, 3.8) is 0 Å². The molecule has 3 aromatic carbocycles. The van der Waals surface area contributed by atoms with Gasteiger partial charge in [-0.25, -0.2) is 9.97 Å². The van der Waals surface area contributed by atoms with Crippen LogP contribution in [0.15, 0.2) is 105 Å². The monoisotopic (exact) mass is 884 g/mol. The second-order valence-corrected chi connectivity index (χ2v) is 16.4. The van der Waals surface area contributed by atoms with Crippen LogP contribution in [0.4, 0.5) is 22.7 Å². The van der Waals surface area contributed by atoms with Gasteiger partial charge in [-0.2, -0.15) is 0 Å². The molecule has 5 aromatic rings. The third kappa shape index (κ3) is 13.5. The van der Waals surface area contributed by atoms with Crippen molar-refractivity contribution in [1.29, 1.82) is 0 Å². The molecule has 0 amide bonds. The van der Waals surface area contributed by atoms with Crippen molar-refractivity contribution < 1.29 is 26.3 Å². The molecule has 0 bridgehead atoms. The average Bonchev–Trinajstić information content (AvgIpc) is 3.13. The first-order chi connectivity index (χ1) is 25.7. The van der Waals surface area contributed by atoms with Crippen LogP contribution in [0.2, 0.25) is 0 Å². The van der Waals surface area contributed by atoms with Gasteiger partial charge in [0.2, 0.25) is 0 Å². The van der Waals surface area contributed by atoms with Gasteiger partial charge in [-0.1, -0.05) is 47.5 Å². The van der Waals surface area contributed by atoms with Gasteiger partial charge in [-0.05, 0) is 140 Å². The SMILES string of the molecule is CC(=Nc1ccc(C)cc1C)c1cccc(C(C)=Nc2cc(C)c(N=C(C)c3cccc(C(C)=Nc4ccc(C)cc4C)n3)cc2C)n1.[Cl][Fe][Cl].[Cl][Fe][Cl]. The second kappa shape index (κ2) is 22.4. The molecule has 0 N–H and O–H groups in total. The molecule has 0 fully saturated rings. The van der Waals surface area contributed by atoms with Crippen LogP contribution in [0.3, 0.4) is 0 Å². The normalized spacial score (nSPS) is 12.3. The number of hydrogen-bond donors (Lipinski definition) is 0. The zero-order valence-electron chi connectivity index (χ0n) is 32.0. The van der Waals surface area contributed by atoms with Crippen LogP contribution < -0.4 is 0 Å². The van der Waals surface area contributed by atoms with Gasteiger partial charge in [0, 0.05) is 0 Å². The van der Waals surface area contributed by atoms with Gasteiger partial charge in [0.15, 0.2) is 0 Å². The molecule has 2 aromatic heterocycles. The van der Waals surface area contributed by atoms with Crippen LogP contribution in [0.25, 0.3) is 0 Å². The third-order valence-electron chi connectivity index (χ3n) is 8.35. The van der Waals surface area contributed by atoms with Crippen molar-refractivity contribution in [1.82, 2.24) is 9.97 Å². The summed E-state index contributed by atoms with van der Waals surface area (Å²) in [5, 5.41) is 0. The number of hydrogen-bond acceptors (Lipinski definition) is 6. The molecule has 0 aliphatic rings. The van der Waals surface area contributed by atoms with E-state index in [1.54, 1.807) is 0 Å². The molecule has 0 spiro atoms. The van der Waals surface area contributed by atoms with Gasteiger partial charge >= 0.3 is 66.7 Å². The Bertz CT molecular complexity index is 2040. The molecule has 6 nitrogen and oxygen atoms in total. The topological polar surface area (TPSA) is 75.2 Å². The van der Waals surface area contributed by atoms with Gasteiger partial charge < -0.3 is 0 Å². The summed E-state index contributed by atoms with van der Waals surface area (Å²) in [5.41, 5.74) is 17.2. The zero-order chi connectivity index (χ0) is 39.9. The number of rotatable bonds is 8. The molecule has 5 rings (SSSR count). The van der Waals surface area contributed by atoms with E-state index in [0.717, 1.165) is 90.6 Å². The zero-order valence-corrected chi connectivity index (χ0v) is 37.2. The Kier molecular flexibility index (Phi) is 18.8. The fraction of sp³-hybridized carbons (Fsp3) is 0.238. The summed E-state index contributed by atoms with van der Waals surface area (Å²) in [6.07, 6.45) is 0. The molecule has 12 heteroatoms. The number of aromatic nitrogens is 2. The predicted octanol–water partition coefficient (Wildman–Crippen LogP) is 13.6. The van der Waals surface area contributed by atoms with Crippen LogP contribution in [0.1, 0.15) is 83.9 Å². The molecule has 0 atom stereocenters. The summed E-state index contributed by atoms with van der Waals surface area (Å²) in [7, 11) is 19.1. The van der Waals surface area contributed by atoms with Crippen molar-refractivity contribution in [2.45, 2.75) is 69.2 Å². The Morgan fingerprint density at radius 2 is 0.667 bits per heavy atom. The van der Waals surface area contributed by atoms with E-state index in [1.807, 2.05) is 64.1 Å². The minimum absolute atomic E-state index is 0.194. The Morgan fingerprint density at radius 3 is 0.944 bits per heavy atom. The standard InChI is InChI=1S/C42H44N6.4ClH.2Fe/c1-25-17-19-35(27(3)21-25)43-31(7)37-13-11-15-39(47-37)33(9)45-41-23-30(6)42(24-29(41)5)46-34(10)40-16-12-14-38(48-40)32(8)44-36-20-18-26(2)22-28(36)4;;;;;;/h11-24H,1-10H3;4*1H;;/q;;;;;2*+2/p-4. The summed E-state index contributed by atoms with van der Waals surface area (Å²) in [6.45, 7) is 20.5. The maximum atomic E-state index is 4.99. The summed E-state index contributed by atoms with van der Waals surface area (Å²) in [4.78, 5) is 29.5. The molecular weight excluding hydrogens is 842 g/mol. The first kappa shape index (κ1) is 45.2. The quantitative estimate of drug-likeness (QED) is 0.115. The molecule has 286 valence electrons. The number of halogens is 4. The minimum atomic E-state index is 0.194. The first-order valence-electron chi connectivity index (χ1n) is 16.8. The van der Waals surface area contributed by atoms with E-state index < -0.39 is 0 Å². The molecule has 2 heterocycles. The van der Waals surface area contributed by atoms with Crippen molar-refractivity contribution in [3.8, 4) is 0 Å². The van der Waals surface area contributed by atoms with Gasteiger partial charge in [0.05, 0.1) is 68.4 Å². The average molecular weight is 886 g/mol. The van der Waals surface area contributed by atoms with Crippen LogP contribution >= 0.6 is 40.4 Å². The number of benzene rings is 3. The molecular formula is C42H44Cl4Fe2N6. The third-order valence-corrected chi connectivity index (χ3v) is 8.35. The molecule has 0 radical (unpaired) electrons. The van der Waals surface area contributed by atoms with Gasteiger partial charge in [-0.15, -0.1) is 0 Å². The summed E-state index contributed by atoms with van der Waals surface area (Å²) >= 11 is 0.389. The second-order valence-electron chi connectivity index (χ2n) is 12.7. The molecule has 0 unspecified atom stereocenters. The summed E-state index contributed by atoms with van der Waals surface area (Å²) < 4.78 is 0. The van der Waals surface area contributed by atoms with E-state index in [2.05, 4.69) is 90.1 Å². The molecule has 0 aliphatic carbocycles. The summed E-state index contributed by atoms with van der Waals surface area (Å²) in [5.74, 6) is 0. The maximum absolute atomic E-state index is 4.99. The van der Waals surface area contributed by atoms with E-state index >= 15 is 0 Å². The van der Waals surface area contributed by atoms with Crippen molar-refractivity contribution in [2.75, 3.05) is 0 Å². The van der Waals surface area contributed by atoms with Crippen LogP contribution in [-0.2, 0) is 26.3 Å². The molecule has 54 heavy (non-hydrogen) atoms. The van der Waals surface area contributed by atoms with Gasteiger partial charge in [0.1, 0.15) is 0 Å². The van der Waals surface area contributed by atoms with Crippen molar-refractivity contribution in [2.24, 2.45) is 20.0 Å². The van der Waals surface area contributed by atoms with Crippen LogP contribution in [0.5, 0.6) is 0 Å². The Balaban J connectivity index is 0.00000122. The predicted molar refractivity (Wildman–Crippen MR) is 227 cm³/mol. The fourth-order valence-electron chi connectivity index (χ4n) is 5.52. The van der Waals surface area contributed by atoms with Gasteiger partial charge in [-0.3, -0.25) is 20.0 Å². The van der Waals surface area contributed by atoms with Gasteiger partial charge in [0.25, 0.3) is 0 Å². The summed E-state index contributed by atoms with van der Waals surface area (Å²) in [6, 6.07) is 28.8. The van der Waals surface area contributed by atoms with E-state index in [4.69, 9.17) is 70.3 Å². The Labute approximate surface area is 349 Å². The van der Waals surface area contributed by atoms with Crippen molar-refractivity contribution in [3.05, 3.63) is 141 Å². The van der Waals surface area contributed by atoms with E-state index in [1.165, 1.54) is 11.1 Å². The number of aryl methyl sites for hydroxylation is 6. The Hall–Kier alpha value is -3.16. The first-order valence-corrected chi connectivity index (χ1v) is 22.9. The number of pyridine rings is 2. The number of nitrogens with zero attached hydrogens (tertiary/aromatic N) is 6. The Morgan fingerprint density at radius 1 is 0.407 bits per heavy atom. The fourth-order valence-corrected chi connectivity index (χ4v) is 5.52. The molecule has 0 saturated heterocycles. The van der Waals surface area contributed by atoms with E-state index in [0.29, 0.717) is 0 Å². The van der Waals surface area contributed by atoms with E-state index in [-0.39, 0.29) is 26.3 Å². The van der Waals surface area contributed by atoms with E-state index in [9.17, 15) is 0 Å². The van der Waals surface area contributed by atoms with Crippen LogP contribution in [0, 0.1) is 41.5 Å². The molecule has 0 aliphatic heterocycles. The van der Waals surface area contributed by atoms with Crippen LogP contribution in [-0.4, -0.2) is 32.8 Å². The number of aliphatic imine (C=N–C) groups is 4.